The molecule has 4 nitrogen and oxygen atoms in total. The Morgan fingerprint density at radius 2 is 1.95 bits per heavy atom. The molecule has 1 aromatic heterocycles. The predicted molar refractivity (Wildman–Crippen MR) is 83.3 cm³/mol. The molecule has 0 spiro atoms. The van der Waals surface area contributed by atoms with Gasteiger partial charge in [0.1, 0.15) is 26.3 Å². The average Bonchev–Trinajstić information content (AvgIpc) is 2.52. The van der Waals surface area contributed by atoms with E-state index in [0.29, 0.717) is 6.61 Å². The van der Waals surface area contributed by atoms with E-state index in [2.05, 4.69) is 9.65 Å². The Labute approximate surface area is 121 Å². The fraction of sp³-hybridized carbons (Fsp3) is 0.267. The van der Waals surface area contributed by atoms with E-state index in [0.717, 1.165) is 17.0 Å². The van der Waals surface area contributed by atoms with E-state index < -0.39 is 8.30 Å². The standard InChI is InChI=1S/C15H19N2O2P/c1-17(20(3)18-2)14-11-16-10-9-15(14)19-12-13-7-5-4-6-8-13/h4-11H,12H2,1-3H3. The second-order valence-electron chi connectivity index (χ2n) is 4.29. The third-order valence-corrected chi connectivity index (χ3v) is 4.62. The van der Waals surface area contributed by atoms with E-state index in [1.807, 2.05) is 50.1 Å². The molecule has 1 heterocycles. The number of nitrogens with zero attached hydrogens (tertiary/aromatic N) is 2. The van der Waals surface area contributed by atoms with Crippen molar-refractivity contribution in [2.45, 2.75) is 6.61 Å². The lowest BCUT2D eigenvalue weighted by molar-refractivity contribution is 0.307. The lowest BCUT2D eigenvalue weighted by atomic mass is 10.2. The Hall–Kier alpha value is -1.64. The summed E-state index contributed by atoms with van der Waals surface area (Å²) in [5, 5.41) is 0. The molecule has 0 aliphatic carbocycles. The van der Waals surface area contributed by atoms with Gasteiger partial charge in [0.2, 0.25) is 0 Å². The highest BCUT2D eigenvalue weighted by molar-refractivity contribution is 7.53. The molecule has 5 heteroatoms. The lowest BCUT2D eigenvalue weighted by Gasteiger charge is -2.26. The largest absolute Gasteiger partial charge is 0.487 e. The van der Waals surface area contributed by atoms with Crippen molar-refractivity contribution in [1.82, 2.24) is 4.98 Å². The van der Waals surface area contributed by atoms with Crippen LogP contribution in [-0.2, 0) is 11.1 Å². The van der Waals surface area contributed by atoms with E-state index in [1.165, 1.54) is 0 Å². The molecule has 2 rings (SSSR count). The minimum Gasteiger partial charge on any atom is -0.487 e. The van der Waals surface area contributed by atoms with Crippen LogP contribution in [0.2, 0.25) is 0 Å². The number of aromatic nitrogens is 1. The van der Waals surface area contributed by atoms with Crippen LogP contribution in [0.15, 0.2) is 48.8 Å². The zero-order valence-corrected chi connectivity index (χ0v) is 12.9. The van der Waals surface area contributed by atoms with E-state index >= 15 is 0 Å². The van der Waals surface area contributed by atoms with Crippen LogP contribution in [0, 0.1) is 0 Å². The summed E-state index contributed by atoms with van der Waals surface area (Å²) < 4.78 is 13.4. The Kier molecular flexibility index (Phi) is 5.33. The quantitative estimate of drug-likeness (QED) is 0.760. The Morgan fingerprint density at radius 1 is 1.20 bits per heavy atom. The number of pyridine rings is 1. The molecule has 0 saturated carbocycles. The third-order valence-electron chi connectivity index (χ3n) is 3.03. The molecular formula is C15H19N2O2P. The number of anilines is 1. The summed E-state index contributed by atoms with van der Waals surface area (Å²) in [6.45, 7) is 2.59. The first kappa shape index (κ1) is 14.8. The third kappa shape index (κ3) is 3.69. The molecule has 0 radical (unpaired) electrons. The van der Waals surface area contributed by atoms with E-state index in [1.54, 1.807) is 19.5 Å². The van der Waals surface area contributed by atoms with Gasteiger partial charge in [0.25, 0.3) is 0 Å². The molecule has 0 aliphatic heterocycles. The normalized spacial score (nSPS) is 11.9. The van der Waals surface area contributed by atoms with Crippen molar-refractivity contribution in [1.29, 1.82) is 0 Å². The molecule has 0 amide bonds. The van der Waals surface area contributed by atoms with Gasteiger partial charge in [-0.2, -0.15) is 0 Å². The molecular weight excluding hydrogens is 271 g/mol. The SMILES string of the molecule is COP(C)N(C)c1cnccc1OCc1ccccc1. The van der Waals surface area contributed by atoms with Crippen molar-refractivity contribution in [3.05, 3.63) is 54.4 Å². The fourth-order valence-electron chi connectivity index (χ4n) is 1.75. The average molecular weight is 290 g/mol. The molecule has 2 aromatic rings. The monoisotopic (exact) mass is 290 g/mol. The lowest BCUT2D eigenvalue weighted by Crippen LogP contribution is -2.12. The minimum atomic E-state index is -0.684. The Bertz CT molecular complexity index is 536. The van der Waals surface area contributed by atoms with Crippen molar-refractivity contribution >= 4 is 14.0 Å². The van der Waals surface area contributed by atoms with Crippen LogP contribution in [-0.4, -0.2) is 25.8 Å². The van der Waals surface area contributed by atoms with Gasteiger partial charge in [0.15, 0.2) is 0 Å². The molecule has 106 valence electrons. The maximum Gasteiger partial charge on any atom is 0.146 e. The Balaban J connectivity index is 2.12. The summed E-state index contributed by atoms with van der Waals surface area (Å²) >= 11 is 0. The number of rotatable bonds is 6. The van der Waals surface area contributed by atoms with Gasteiger partial charge in [0.05, 0.1) is 6.20 Å². The molecule has 0 fully saturated rings. The molecule has 20 heavy (non-hydrogen) atoms. The van der Waals surface area contributed by atoms with Crippen LogP contribution in [0.1, 0.15) is 5.56 Å². The maximum atomic E-state index is 5.91. The van der Waals surface area contributed by atoms with Crippen LogP contribution in [0.3, 0.4) is 0 Å². The summed E-state index contributed by atoms with van der Waals surface area (Å²) in [5.74, 6) is 0.817. The van der Waals surface area contributed by atoms with Gasteiger partial charge in [-0.1, -0.05) is 30.3 Å². The second kappa shape index (κ2) is 7.22. The van der Waals surface area contributed by atoms with Gasteiger partial charge in [0, 0.05) is 26.4 Å². The molecule has 0 bridgehead atoms. The van der Waals surface area contributed by atoms with Gasteiger partial charge in [-0.3, -0.25) is 4.98 Å². The van der Waals surface area contributed by atoms with E-state index in [-0.39, 0.29) is 0 Å². The van der Waals surface area contributed by atoms with Crippen LogP contribution in [0.25, 0.3) is 0 Å². The summed E-state index contributed by atoms with van der Waals surface area (Å²) in [4.78, 5) is 4.17. The zero-order chi connectivity index (χ0) is 14.4. The maximum absolute atomic E-state index is 5.91. The number of hydrogen-bond acceptors (Lipinski definition) is 4. The molecule has 0 saturated heterocycles. The van der Waals surface area contributed by atoms with E-state index in [9.17, 15) is 0 Å². The topological polar surface area (TPSA) is 34.6 Å². The summed E-state index contributed by atoms with van der Waals surface area (Å²) in [6.07, 6.45) is 3.54. The summed E-state index contributed by atoms with van der Waals surface area (Å²) in [7, 11) is 3.02. The van der Waals surface area contributed by atoms with E-state index in [4.69, 9.17) is 9.26 Å². The highest BCUT2D eigenvalue weighted by atomic mass is 31.2. The molecule has 1 atom stereocenters. The van der Waals surface area contributed by atoms with Crippen LogP contribution >= 0.6 is 8.30 Å². The van der Waals surface area contributed by atoms with Crippen molar-refractivity contribution in [3.63, 3.8) is 0 Å². The first-order valence-electron chi connectivity index (χ1n) is 6.34. The fourth-order valence-corrected chi connectivity index (χ4v) is 2.45. The molecule has 1 aromatic carbocycles. The first-order valence-corrected chi connectivity index (χ1v) is 8.00. The van der Waals surface area contributed by atoms with Crippen LogP contribution in [0.4, 0.5) is 5.69 Å². The highest BCUT2D eigenvalue weighted by Crippen LogP contribution is 2.42. The van der Waals surface area contributed by atoms with Crippen molar-refractivity contribution in [3.8, 4) is 5.75 Å². The minimum absolute atomic E-state index is 0.542. The van der Waals surface area contributed by atoms with Crippen LogP contribution in [0.5, 0.6) is 5.75 Å². The summed E-state index contributed by atoms with van der Waals surface area (Å²) in [5.41, 5.74) is 2.09. The number of ether oxygens (including phenoxy) is 1. The van der Waals surface area contributed by atoms with Gasteiger partial charge < -0.3 is 13.9 Å². The first-order chi connectivity index (χ1) is 9.72. The van der Waals surface area contributed by atoms with Gasteiger partial charge in [-0.15, -0.1) is 0 Å². The molecule has 0 N–H and O–H groups in total. The van der Waals surface area contributed by atoms with Crippen molar-refractivity contribution in [2.24, 2.45) is 0 Å². The van der Waals surface area contributed by atoms with Gasteiger partial charge in [-0.05, 0) is 12.2 Å². The van der Waals surface area contributed by atoms with Gasteiger partial charge in [-0.25, -0.2) is 0 Å². The van der Waals surface area contributed by atoms with Crippen molar-refractivity contribution < 1.29 is 9.26 Å². The molecule has 0 aliphatic rings. The summed E-state index contributed by atoms with van der Waals surface area (Å²) in [6, 6.07) is 12.0. The van der Waals surface area contributed by atoms with Gasteiger partial charge >= 0.3 is 0 Å². The number of hydrogen-bond donors (Lipinski definition) is 0. The smallest absolute Gasteiger partial charge is 0.146 e. The highest BCUT2D eigenvalue weighted by Gasteiger charge is 2.14. The zero-order valence-electron chi connectivity index (χ0n) is 12.0. The molecule has 1 unspecified atom stereocenters. The predicted octanol–water partition coefficient (Wildman–Crippen LogP) is 3.68. The number of benzene rings is 1. The second-order valence-corrected chi connectivity index (χ2v) is 6.18. The van der Waals surface area contributed by atoms with Crippen LogP contribution < -0.4 is 9.41 Å². The Morgan fingerprint density at radius 3 is 2.65 bits per heavy atom. The van der Waals surface area contributed by atoms with Crippen molar-refractivity contribution in [2.75, 3.05) is 25.5 Å².